The fourth-order valence-electron chi connectivity index (χ4n) is 2.43. The van der Waals surface area contributed by atoms with Gasteiger partial charge in [0, 0.05) is 12.5 Å². The lowest BCUT2D eigenvalue weighted by atomic mass is 10.2. The number of halogens is 3. The lowest BCUT2D eigenvalue weighted by Crippen LogP contribution is -2.38. The average molecular weight is 409 g/mol. The number of carbonyl (C=O) groups excluding carboxylic acids is 1. The third kappa shape index (κ3) is 5.24. The van der Waals surface area contributed by atoms with Gasteiger partial charge in [0.1, 0.15) is 17.5 Å². The van der Waals surface area contributed by atoms with Gasteiger partial charge in [0.05, 0.1) is 9.50 Å². The van der Waals surface area contributed by atoms with Gasteiger partial charge in [-0.05, 0) is 61.7 Å². The van der Waals surface area contributed by atoms with Crippen molar-refractivity contribution in [1.29, 1.82) is 0 Å². The van der Waals surface area contributed by atoms with Crippen LogP contribution in [0.5, 0.6) is 5.75 Å². The fraction of sp³-hybridized carbons (Fsp3) is 0.562. The molecule has 1 aromatic carbocycles. The van der Waals surface area contributed by atoms with E-state index in [0.29, 0.717) is 12.2 Å². The molecule has 4 nitrogen and oxygen atoms in total. The SMILES string of the molecule is CC(C)(C)OC(=O)N[C@@H]1CC[C@@H](Oc2ccc(Cl)c(F)c2Br)C1. The fourth-order valence-corrected chi connectivity index (χ4v) is 3.14. The first-order valence-electron chi connectivity index (χ1n) is 7.45. The van der Waals surface area contributed by atoms with Gasteiger partial charge >= 0.3 is 6.09 Å². The number of carbonyl (C=O) groups is 1. The standard InChI is InChI=1S/C16H20BrClFNO3/c1-16(2,3)23-15(21)20-9-4-5-10(8-9)22-12-7-6-11(18)14(19)13(12)17/h6-7,9-10H,4-5,8H2,1-3H3,(H,20,21)/t9-,10-/m1/s1. The van der Waals surface area contributed by atoms with Crippen LogP contribution in [0.1, 0.15) is 40.0 Å². The highest BCUT2D eigenvalue weighted by molar-refractivity contribution is 9.10. The molecule has 1 N–H and O–H groups in total. The molecule has 0 unspecified atom stereocenters. The molecule has 23 heavy (non-hydrogen) atoms. The van der Waals surface area contributed by atoms with Crippen molar-refractivity contribution in [2.45, 2.75) is 57.8 Å². The van der Waals surface area contributed by atoms with E-state index in [2.05, 4.69) is 21.2 Å². The smallest absolute Gasteiger partial charge is 0.407 e. The second-order valence-corrected chi connectivity index (χ2v) is 7.77. The van der Waals surface area contributed by atoms with E-state index >= 15 is 0 Å². The van der Waals surface area contributed by atoms with Gasteiger partial charge in [0.25, 0.3) is 0 Å². The van der Waals surface area contributed by atoms with Crippen molar-refractivity contribution in [3.63, 3.8) is 0 Å². The van der Waals surface area contributed by atoms with E-state index < -0.39 is 17.5 Å². The Morgan fingerprint density at radius 1 is 1.39 bits per heavy atom. The molecule has 0 bridgehead atoms. The summed E-state index contributed by atoms with van der Waals surface area (Å²) in [5.41, 5.74) is -0.524. The van der Waals surface area contributed by atoms with Gasteiger partial charge < -0.3 is 14.8 Å². The van der Waals surface area contributed by atoms with E-state index in [9.17, 15) is 9.18 Å². The van der Waals surface area contributed by atoms with Crippen LogP contribution in [0.2, 0.25) is 5.02 Å². The van der Waals surface area contributed by atoms with Crippen LogP contribution in [0.3, 0.4) is 0 Å². The van der Waals surface area contributed by atoms with Crippen LogP contribution in [0.15, 0.2) is 16.6 Å². The highest BCUT2D eigenvalue weighted by Gasteiger charge is 2.29. The Balaban J connectivity index is 1.89. The third-order valence-corrected chi connectivity index (χ3v) is 4.43. The van der Waals surface area contributed by atoms with Crippen molar-refractivity contribution >= 4 is 33.6 Å². The van der Waals surface area contributed by atoms with E-state index in [1.807, 2.05) is 20.8 Å². The maximum atomic E-state index is 13.7. The molecule has 1 fully saturated rings. The molecule has 1 aliphatic rings. The summed E-state index contributed by atoms with van der Waals surface area (Å²) in [6, 6.07) is 3.08. The van der Waals surface area contributed by atoms with Gasteiger partial charge in [0.15, 0.2) is 5.82 Å². The van der Waals surface area contributed by atoms with Gasteiger partial charge in [-0.15, -0.1) is 0 Å². The van der Waals surface area contributed by atoms with Crippen LogP contribution in [0.4, 0.5) is 9.18 Å². The zero-order valence-electron chi connectivity index (χ0n) is 13.3. The van der Waals surface area contributed by atoms with Crippen molar-refractivity contribution in [2.75, 3.05) is 0 Å². The number of alkyl carbamates (subject to hydrolysis) is 1. The minimum absolute atomic E-state index is 0.00854. The molecule has 128 valence electrons. The molecule has 0 aliphatic heterocycles. The van der Waals surface area contributed by atoms with Crippen LogP contribution >= 0.6 is 27.5 Å². The van der Waals surface area contributed by atoms with Crippen molar-refractivity contribution in [1.82, 2.24) is 5.32 Å². The molecule has 0 radical (unpaired) electrons. The quantitative estimate of drug-likeness (QED) is 0.711. The highest BCUT2D eigenvalue weighted by Crippen LogP contribution is 2.35. The molecule has 0 spiro atoms. The summed E-state index contributed by atoms with van der Waals surface area (Å²) in [6.45, 7) is 5.46. The normalized spacial score (nSPS) is 21.1. The van der Waals surface area contributed by atoms with Gasteiger partial charge in [-0.1, -0.05) is 11.6 Å². The molecule has 1 amide bonds. The zero-order valence-corrected chi connectivity index (χ0v) is 15.6. The maximum absolute atomic E-state index is 13.7. The Hall–Kier alpha value is -1.01. The van der Waals surface area contributed by atoms with Gasteiger partial charge in [0.2, 0.25) is 0 Å². The molecule has 0 saturated heterocycles. The largest absolute Gasteiger partial charge is 0.489 e. The van der Waals surface area contributed by atoms with E-state index in [4.69, 9.17) is 21.1 Å². The number of ether oxygens (including phenoxy) is 2. The minimum atomic E-state index is -0.536. The molecular formula is C16H20BrClFNO3. The summed E-state index contributed by atoms with van der Waals surface area (Å²) in [5.74, 6) is -0.125. The van der Waals surface area contributed by atoms with Crippen LogP contribution < -0.4 is 10.1 Å². The second kappa shape index (κ2) is 7.26. The van der Waals surface area contributed by atoms with Gasteiger partial charge in [-0.2, -0.15) is 0 Å². The number of benzene rings is 1. The van der Waals surface area contributed by atoms with Crippen LogP contribution in [-0.2, 0) is 4.74 Å². The number of rotatable bonds is 3. The number of hydrogen-bond donors (Lipinski definition) is 1. The molecular weight excluding hydrogens is 389 g/mol. The van der Waals surface area contributed by atoms with E-state index in [0.717, 1.165) is 12.8 Å². The Morgan fingerprint density at radius 2 is 2.09 bits per heavy atom. The monoisotopic (exact) mass is 407 g/mol. The number of hydrogen-bond acceptors (Lipinski definition) is 3. The van der Waals surface area contributed by atoms with E-state index in [-0.39, 0.29) is 21.6 Å². The number of amides is 1. The first-order chi connectivity index (χ1) is 10.7. The summed E-state index contributed by atoms with van der Waals surface area (Å²) >= 11 is 8.87. The van der Waals surface area contributed by atoms with Crippen LogP contribution in [0, 0.1) is 5.82 Å². The lowest BCUT2D eigenvalue weighted by molar-refractivity contribution is 0.0503. The first-order valence-corrected chi connectivity index (χ1v) is 8.62. The highest BCUT2D eigenvalue weighted by atomic mass is 79.9. The Morgan fingerprint density at radius 3 is 2.74 bits per heavy atom. The lowest BCUT2D eigenvalue weighted by Gasteiger charge is -2.22. The van der Waals surface area contributed by atoms with Gasteiger partial charge in [-0.25, -0.2) is 9.18 Å². The molecule has 0 aromatic heterocycles. The predicted octanol–water partition coefficient (Wildman–Crippen LogP) is 5.07. The molecule has 2 rings (SSSR count). The molecule has 1 aromatic rings. The molecule has 1 saturated carbocycles. The van der Waals surface area contributed by atoms with Crippen molar-refractivity contribution in [3.05, 3.63) is 27.4 Å². The summed E-state index contributed by atoms with van der Waals surface area (Å²) in [7, 11) is 0. The molecule has 0 heterocycles. The van der Waals surface area contributed by atoms with E-state index in [1.165, 1.54) is 6.07 Å². The summed E-state index contributed by atoms with van der Waals surface area (Å²) in [5, 5.41) is 2.88. The van der Waals surface area contributed by atoms with Crippen molar-refractivity contribution in [2.24, 2.45) is 0 Å². The molecule has 1 aliphatic carbocycles. The van der Waals surface area contributed by atoms with Crippen LogP contribution in [-0.4, -0.2) is 23.8 Å². The summed E-state index contributed by atoms with van der Waals surface area (Å²) < 4.78 is 25.0. The Bertz CT molecular complexity index is 591. The Kier molecular flexibility index (Phi) is 5.79. The average Bonchev–Trinajstić information content (AvgIpc) is 2.84. The number of nitrogens with one attached hydrogen (secondary N) is 1. The first kappa shape index (κ1) is 18.3. The third-order valence-electron chi connectivity index (χ3n) is 3.40. The van der Waals surface area contributed by atoms with Crippen molar-refractivity contribution < 1.29 is 18.7 Å². The molecule has 2 atom stereocenters. The topological polar surface area (TPSA) is 47.6 Å². The second-order valence-electron chi connectivity index (χ2n) is 6.57. The van der Waals surface area contributed by atoms with Crippen LogP contribution in [0.25, 0.3) is 0 Å². The van der Waals surface area contributed by atoms with E-state index in [1.54, 1.807) is 6.07 Å². The summed E-state index contributed by atoms with van der Waals surface area (Å²) in [6.07, 6.45) is 1.69. The minimum Gasteiger partial charge on any atom is -0.489 e. The zero-order chi connectivity index (χ0) is 17.2. The summed E-state index contributed by atoms with van der Waals surface area (Å²) in [4.78, 5) is 11.8. The predicted molar refractivity (Wildman–Crippen MR) is 90.5 cm³/mol. The van der Waals surface area contributed by atoms with Gasteiger partial charge in [-0.3, -0.25) is 0 Å². The maximum Gasteiger partial charge on any atom is 0.407 e. The Labute approximate surface area is 148 Å². The molecule has 7 heteroatoms. The van der Waals surface area contributed by atoms with Crippen molar-refractivity contribution in [3.8, 4) is 5.75 Å².